The first-order valence-electron chi connectivity index (χ1n) is 5.12. The number of likely N-dealkylation sites (tertiary alicyclic amines) is 1. The highest BCUT2D eigenvalue weighted by Crippen LogP contribution is 2.21. The van der Waals surface area contributed by atoms with Gasteiger partial charge in [0.15, 0.2) is 0 Å². The van der Waals surface area contributed by atoms with E-state index in [4.69, 9.17) is 5.73 Å². The third-order valence-electron chi connectivity index (χ3n) is 2.87. The molecule has 2 N–H and O–H groups in total. The summed E-state index contributed by atoms with van der Waals surface area (Å²) >= 11 is 0. The van der Waals surface area contributed by atoms with Gasteiger partial charge in [-0.15, -0.1) is 0 Å². The van der Waals surface area contributed by atoms with Crippen molar-refractivity contribution >= 4 is 0 Å². The molecule has 0 bridgehead atoms. The summed E-state index contributed by atoms with van der Waals surface area (Å²) in [7, 11) is 2.21. The quantitative estimate of drug-likeness (QED) is 0.694. The molecule has 12 heavy (non-hydrogen) atoms. The van der Waals surface area contributed by atoms with Crippen molar-refractivity contribution in [2.24, 2.45) is 11.7 Å². The molecular formula is C10H22N2. The van der Waals surface area contributed by atoms with Crippen LogP contribution in [0.2, 0.25) is 0 Å². The van der Waals surface area contributed by atoms with E-state index >= 15 is 0 Å². The van der Waals surface area contributed by atoms with Gasteiger partial charge in [0.2, 0.25) is 0 Å². The Morgan fingerprint density at radius 2 is 2.00 bits per heavy atom. The Morgan fingerprint density at radius 1 is 1.42 bits per heavy atom. The Bertz CT molecular complexity index is 115. The van der Waals surface area contributed by atoms with Gasteiger partial charge in [0.05, 0.1) is 0 Å². The molecule has 2 nitrogen and oxygen atoms in total. The van der Waals surface area contributed by atoms with Gasteiger partial charge in [0, 0.05) is 6.04 Å². The third kappa shape index (κ3) is 3.55. The Morgan fingerprint density at radius 3 is 2.50 bits per heavy atom. The average molecular weight is 170 g/mol. The number of piperidine rings is 1. The van der Waals surface area contributed by atoms with Crippen molar-refractivity contribution in [3.8, 4) is 0 Å². The molecule has 0 amide bonds. The third-order valence-corrected chi connectivity index (χ3v) is 2.87. The number of hydrogen-bond donors (Lipinski definition) is 1. The van der Waals surface area contributed by atoms with Gasteiger partial charge in [-0.1, -0.05) is 0 Å². The maximum absolute atomic E-state index is 5.73. The molecule has 0 aliphatic carbocycles. The number of nitrogens with two attached hydrogens (primary N) is 1. The van der Waals surface area contributed by atoms with Crippen molar-refractivity contribution < 1.29 is 0 Å². The van der Waals surface area contributed by atoms with Crippen LogP contribution in [0.1, 0.15) is 32.6 Å². The van der Waals surface area contributed by atoms with Gasteiger partial charge in [-0.3, -0.25) is 0 Å². The molecule has 0 saturated carbocycles. The molecule has 1 atom stereocenters. The second kappa shape index (κ2) is 4.83. The summed E-state index contributed by atoms with van der Waals surface area (Å²) in [6.07, 6.45) is 5.30. The standard InChI is InChI=1S/C10H22N2/c1-9(11)3-4-10-5-7-12(2)8-6-10/h9-10H,3-8,11H2,1-2H3/t9-/m1/s1. The zero-order valence-corrected chi connectivity index (χ0v) is 8.42. The lowest BCUT2D eigenvalue weighted by molar-refractivity contribution is 0.208. The lowest BCUT2D eigenvalue weighted by Gasteiger charge is -2.29. The van der Waals surface area contributed by atoms with Gasteiger partial charge in [-0.05, 0) is 58.7 Å². The van der Waals surface area contributed by atoms with E-state index < -0.39 is 0 Å². The number of nitrogens with zero attached hydrogens (tertiary/aromatic N) is 1. The minimum Gasteiger partial charge on any atom is -0.328 e. The molecule has 1 fully saturated rings. The second-order valence-electron chi connectivity index (χ2n) is 4.30. The molecule has 0 unspecified atom stereocenters. The summed E-state index contributed by atoms with van der Waals surface area (Å²) in [6, 6.07) is 0.393. The van der Waals surface area contributed by atoms with Crippen LogP contribution >= 0.6 is 0 Å². The van der Waals surface area contributed by atoms with E-state index in [9.17, 15) is 0 Å². The second-order valence-corrected chi connectivity index (χ2v) is 4.30. The highest BCUT2D eigenvalue weighted by atomic mass is 15.1. The molecule has 0 aromatic rings. The summed E-state index contributed by atoms with van der Waals surface area (Å²) in [5.74, 6) is 0.951. The van der Waals surface area contributed by atoms with E-state index in [0.29, 0.717) is 6.04 Å². The van der Waals surface area contributed by atoms with Crippen molar-refractivity contribution in [2.75, 3.05) is 20.1 Å². The SMILES string of the molecule is C[C@@H](N)CCC1CCN(C)CC1. The summed E-state index contributed by atoms with van der Waals surface area (Å²) in [4.78, 5) is 2.42. The molecule has 0 radical (unpaired) electrons. The summed E-state index contributed by atoms with van der Waals surface area (Å²) in [5.41, 5.74) is 5.73. The van der Waals surface area contributed by atoms with Crippen LogP contribution in [-0.4, -0.2) is 31.1 Å². The lowest BCUT2D eigenvalue weighted by atomic mass is 9.91. The van der Waals surface area contributed by atoms with Crippen molar-refractivity contribution in [3.63, 3.8) is 0 Å². The van der Waals surface area contributed by atoms with Crippen LogP contribution < -0.4 is 5.73 Å². The largest absolute Gasteiger partial charge is 0.328 e. The number of hydrogen-bond acceptors (Lipinski definition) is 2. The normalized spacial score (nSPS) is 24.2. The first-order chi connectivity index (χ1) is 5.68. The van der Waals surface area contributed by atoms with Crippen LogP contribution in [-0.2, 0) is 0 Å². The van der Waals surface area contributed by atoms with Gasteiger partial charge < -0.3 is 10.6 Å². The van der Waals surface area contributed by atoms with Crippen LogP contribution in [0, 0.1) is 5.92 Å². The Kier molecular flexibility index (Phi) is 4.02. The van der Waals surface area contributed by atoms with Gasteiger partial charge in [-0.2, -0.15) is 0 Å². The smallest absolute Gasteiger partial charge is 0.00105 e. The van der Waals surface area contributed by atoms with Crippen molar-refractivity contribution in [1.82, 2.24) is 4.90 Å². The Balaban J connectivity index is 2.09. The molecular weight excluding hydrogens is 148 g/mol. The van der Waals surface area contributed by atoms with Crippen molar-refractivity contribution in [1.29, 1.82) is 0 Å². The molecule has 1 saturated heterocycles. The predicted molar refractivity (Wildman–Crippen MR) is 53.1 cm³/mol. The zero-order chi connectivity index (χ0) is 8.97. The summed E-state index contributed by atoms with van der Waals surface area (Å²) in [6.45, 7) is 4.67. The Hall–Kier alpha value is -0.0800. The summed E-state index contributed by atoms with van der Waals surface area (Å²) < 4.78 is 0. The molecule has 0 aromatic heterocycles. The predicted octanol–water partition coefficient (Wildman–Crippen LogP) is 1.46. The van der Waals surface area contributed by atoms with Crippen LogP contribution in [0.25, 0.3) is 0 Å². The fraction of sp³-hybridized carbons (Fsp3) is 1.00. The lowest BCUT2D eigenvalue weighted by Crippen LogP contribution is -2.30. The average Bonchev–Trinajstić information content (AvgIpc) is 2.03. The van der Waals surface area contributed by atoms with E-state index in [-0.39, 0.29) is 0 Å². The van der Waals surface area contributed by atoms with Gasteiger partial charge in [0.1, 0.15) is 0 Å². The monoisotopic (exact) mass is 170 g/mol. The zero-order valence-electron chi connectivity index (χ0n) is 8.42. The molecule has 0 spiro atoms. The fourth-order valence-electron chi connectivity index (χ4n) is 1.85. The fourth-order valence-corrected chi connectivity index (χ4v) is 1.85. The first-order valence-corrected chi connectivity index (χ1v) is 5.12. The van der Waals surface area contributed by atoms with Gasteiger partial charge in [-0.25, -0.2) is 0 Å². The maximum Gasteiger partial charge on any atom is 0.00105 e. The Labute approximate surface area is 76.1 Å². The molecule has 2 heteroatoms. The minimum absolute atomic E-state index is 0.393. The summed E-state index contributed by atoms with van der Waals surface area (Å²) in [5, 5.41) is 0. The molecule has 1 rings (SSSR count). The molecule has 1 heterocycles. The van der Waals surface area contributed by atoms with E-state index in [1.807, 2.05) is 0 Å². The molecule has 1 aliphatic heterocycles. The van der Waals surface area contributed by atoms with E-state index in [0.717, 1.165) is 5.92 Å². The first kappa shape index (κ1) is 10.0. The van der Waals surface area contributed by atoms with Crippen LogP contribution in [0.3, 0.4) is 0 Å². The minimum atomic E-state index is 0.393. The van der Waals surface area contributed by atoms with E-state index in [1.54, 1.807) is 0 Å². The highest BCUT2D eigenvalue weighted by Gasteiger charge is 2.16. The molecule has 0 aromatic carbocycles. The van der Waals surface area contributed by atoms with E-state index in [1.165, 1.54) is 38.8 Å². The number of rotatable bonds is 3. The van der Waals surface area contributed by atoms with Crippen molar-refractivity contribution in [2.45, 2.75) is 38.6 Å². The van der Waals surface area contributed by atoms with Crippen LogP contribution in [0.4, 0.5) is 0 Å². The van der Waals surface area contributed by atoms with Crippen LogP contribution in [0.15, 0.2) is 0 Å². The maximum atomic E-state index is 5.73. The van der Waals surface area contributed by atoms with E-state index in [2.05, 4.69) is 18.9 Å². The highest BCUT2D eigenvalue weighted by molar-refractivity contribution is 4.71. The van der Waals surface area contributed by atoms with Gasteiger partial charge in [0.25, 0.3) is 0 Å². The van der Waals surface area contributed by atoms with Crippen molar-refractivity contribution in [3.05, 3.63) is 0 Å². The van der Waals surface area contributed by atoms with Gasteiger partial charge >= 0.3 is 0 Å². The molecule has 1 aliphatic rings. The van der Waals surface area contributed by atoms with Crippen LogP contribution in [0.5, 0.6) is 0 Å². The molecule has 72 valence electrons. The topological polar surface area (TPSA) is 29.3 Å².